The maximum Gasteiger partial charge on any atom is 0.269 e. The molecule has 0 bridgehead atoms. The zero-order chi connectivity index (χ0) is 20.5. The molecule has 0 radical (unpaired) electrons. The Hall–Kier alpha value is -2.30. The van der Waals surface area contributed by atoms with Gasteiger partial charge in [-0.1, -0.05) is 71.9 Å². The SMILES string of the molecule is FC(F)/C(=C/CCc1ccc(OCc2ccccc2)cc1)Sc1ccc(Cl)cc1. The molecule has 0 amide bonds. The number of rotatable bonds is 9. The van der Waals surface area contributed by atoms with Gasteiger partial charge in [-0.2, -0.15) is 0 Å². The monoisotopic (exact) mass is 430 g/mol. The number of alkyl halides is 2. The summed E-state index contributed by atoms with van der Waals surface area (Å²) in [4.78, 5) is 0.816. The van der Waals surface area contributed by atoms with Crippen molar-refractivity contribution in [2.45, 2.75) is 30.8 Å². The Labute approximate surface area is 179 Å². The summed E-state index contributed by atoms with van der Waals surface area (Å²) in [6.45, 7) is 0.516. The van der Waals surface area contributed by atoms with Crippen LogP contribution in [0.1, 0.15) is 17.5 Å². The fraction of sp³-hybridized carbons (Fsp3) is 0.167. The van der Waals surface area contributed by atoms with E-state index in [1.54, 1.807) is 30.3 Å². The molecule has 150 valence electrons. The van der Waals surface area contributed by atoms with Crippen molar-refractivity contribution >= 4 is 23.4 Å². The van der Waals surface area contributed by atoms with Crippen molar-refractivity contribution in [3.05, 3.63) is 106 Å². The number of aryl methyl sites for hydroxylation is 1. The van der Waals surface area contributed by atoms with Gasteiger partial charge in [-0.3, -0.25) is 0 Å². The summed E-state index contributed by atoms with van der Waals surface area (Å²) >= 11 is 6.92. The summed E-state index contributed by atoms with van der Waals surface area (Å²) < 4.78 is 32.4. The lowest BCUT2D eigenvalue weighted by Gasteiger charge is -2.08. The fourth-order valence-corrected chi connectivity index (χ4v) is 3.65. The van der Waals surface area contributed by atoms with Gasteiger partial charge in [0.15, 0.2) is 0 Å². The van der Waals surface area contributed by atoms with Gasteiger partial charge >= 0.3 is 0 Å². The summed E-state index contributed by atoms with van der Waals surface area (Å²) in [5.74, 6) is 0.791. The topological polar surface area (TPSA) is 9.23 Å². The zero-order valence-electron chi connectivity index (χ0n) is 15.7. The molecule has 0 saturated heterocycles. The quantitative estimate of drug-likeness (QED) is 0.320. The number of benzene rings is 3. The molecule has 29 heavy (non-hydrogen) atoms. The summed E-state index contributed by atoms with van der Waals surface area (Å²) in [5.41, 5.74) is 2.19. The van der Waals surface area contributed by atoms with Gasteiger partial charge in [0.1, 0.15) is 12.4 Å². The summed E-state index contributed by atoms with van der Waals surface area (Å²) in [6, 6.07) is 24.6. The van der Waals surface area contributed by atoms with Crippen LogP contribution in [0.4, 0.5) is 8.78 Å². The van der Waals surface area contributed by atoms with Crippen LogP contribution in [0.2, 0.25) is 5.02 Å². The maximum absolute atomic E-state index is 13.3. The highest BCUT2D eigenvalue weighted by Gasteiger charge is 2.12. The molecule has 0 atom stereocenters. The van der Waals surface area contributed by atoms with Crippen LogP contribution in [0.25, 0.3) is 0 Å². The highest BCUT2D eigenvalue weighted by Crippen LogP contribution is 2.32. The highest BCUT2D eigenvalue weighted by atomic mass is 35.5. The number of halogens is 3. The second-order valence-electron chi connectivity index (χ2n) is 6.42. The molecule has 0 fully saturated rings. The summed E-state index contributed by atoms with van der Waals surface area (Å²) in [6.07, 6.45) is 0.356. The third-order valence-corrected chi connectivity index (χ3v) is 5.56. The van der Waals surface area contributed by atoms with E-state index in [9.17, 15) is 8.78 Å². The second-order valence-corrected chi connectivity index (χ2v) is 8.00. The molecule has 3 aromatic rings. The van der Waals surface area contributed by atoms with E-state index in [4.69, 9.17) is 16.3 Å². The lowest BCUT2D eigenvalue weighted by atomic mass is 10.1. The van der Waals surface area contributed by atoms with E-state index in [-0.39, 0.29) is 4.91 Å². The molecule has 0 N–H and O–H groups in total. The molecule has 0 heterocycles. The second kappa shape index (κ2) is 11.0. The van der Waals surface area contributed by atoms with Crippen molar-refractivity contribution in [1.82, 2.24) is 0 Å². The van der Waals surface area contributed by atoms with Gasteiger partial charge in [0.2, 0.25) is 0 Å². The van der Waals surface area contributed by atoms with Crippen molar-refractivity contribution in [3.63, 3.8) is 0 Å². The fourth-order valence-electron chi connectivity index (χ4n) is 2.69. The van der Waals surface area contributed by atoms with Gasteiger partial charge in [0.25, 0.3) is 6.43 Å². The third kappa shape index (κ3) is 7.22. The van der Waals surface area contributed by atoms with Crippen LogP contribution >= 0.6 is 23.4 Å². The van der Waals surface area contributed by atoms with Gasteiger partial charge < -0.3 is 4.74 Å². The first-order chi connectivity index (χ1) is 14.1. The van der Waals surface area contributed by atoms with Crippen LogP contribution < -0.4 is 4.74 Å². The van der Waals surface area contributed by atoms with Crippen LogP contribution in [0.15, 0.2) is 94.7 Å². The van der Waals surface area contributed by atoms with Crippen LogP contribution in [0.3, 0.4) is 0 Å². The Bertz CT molecular complexity index is 910. The minimum atomic E-state index is -2.50. The molecule has 0 aromatic heterocycles. The van der Waals surface area contributed by atoms with Crippen LogP contribution in [-0.4, -0.2) is 6.43 Å². The first kappa shape index (κ1) is 21.4. The molecule has 0 saturated carbocycles. The number of thioether (sulfide) groups is 1. The minimum absolute atomic E-state index is 0.0649. The normalized spacial score (nSPS) is 11.7. The maximum atomic E-state index is 13.3. The predicted octanol–water partition coefficient (Wildman–Crippen LogP) is 7.79. The number of hydrogen-bond acceptors (Lipinski definition) is 2. The smallest absolute Gasteiger partial charge is 0.269 e. The number of ether oxygens (including phenoxy) is 1. The van der Waals surface area contributed by atoms with Crippen molar-refractivity contribution in [2.24, 2.45) is 0 Å². The molecule has 0 aliphatic carbocycles. The van der Waals surface area contributed by atoms with E-state index in [1.807, 2.05) is 54.6 Å². The Kier molecular flexibility index (Phi) is 8.14. The van der Waals surface area contributed by atoms with Gasteiger partial charge in [0, 0.05) is 9.92 Å². The van der Waals surface area contributed by atoms with E-state index >= 15 is 0 Å². The first-order valence-electron chi connectivity index (χ1n) is 9.27. The molecule has 3 rings (SSSR count). The molecule has 1 nitrogen and oxygen atoms in total. The Balaban J connectivity index is 1.51. The van der Waals surface area contributed by atoms with Gasteiger partial charge in [0.05, 0.1) is 4.91 Å². The highest BCUT2D eigenvalue weighted by molar-refractivity contribution is 8.03. The molecule has 0 aliphatic rings. The zero-order valence-corrected chi connectivity index (χ0v) is 17.3. The Morgan fingerprint density at radius 3 is 2.24 bits per heavy atom. The lowest BCUT2D eigenvalue weighted by molar-refractivity contribution is 0.199. The first-order valence-corrected chi connectivity index (χ1v) is 10.5. The largest absolute Gasteiger partial charge is 0.489 e. The average Bonchev–Trinajstić information content (AvgIpc) is 2.74. The molecule has 5 heteroatoms. The molecule has 0 aliphatic heterocycles. The Morgan fingerprint density at radius 2 is 1.59 bits per heavy atom. The van der Waals surface area contributed by atoms with E-state index in [1.165, 1.54) is 0 Å². The van der Waals surface area contributed by atoms with Crippen molar-refractivity contribution < 1.29 is 13.5 Å². The standard InChI is InChI=1S/C24H21ClF2OS/c25-20-11-15-22(16-12-20)29-23(24(26)27)8-4-7-18-9-13-21(14-10-18)28-17-19-5-2-1-3-6-19/h1-3,5-6,8-16,24H,4,7,17H2/b23-8-. The minimum Gasteiger partial charge on any atom is -0.489 e. The Morgan fingerprint density at radius 1 is 0.897 bits per heavy atom. The third-order valence-electron chi connectivity index (χ3n) is 4.21. The molecule has 3 aromatic carbocycles. The van der Waals surface area contributed by atoms with Crippen LogP contribution in [-0.2, 0) is 13.0 Å². The lowest BCUT2D eigenvalue weighted by Crippen LogP contribution is -1.95. The van der Waals surface area contributed by atoms with Crippen LogP contribution in [0.5, 0.6) is 5.75 Å². The number of allylic oxidation sites excluding steroid dienone is 2. The molecule has 0 unspecified atom stereocenters. The van der Waals surface area contributed by atoms with Crippen molar-refractivity contribution in [1.29, 1.82) is 0 Å². The van der Waals surface area contributed by atoms with Gasteiger partial charge in [-0.05, 0) is 60.4 Å². The van der Waals surface area contributed by atoms with Crippen molar-refractivity contribution in [3.8, 4) is 5.75 Å². The summed E-state index contributed by atoms with van der Waals surface area (Å²) in [7, 11) is 0. The van der Waals surface area contributed by atoms with Gasteiger partial charge in [-0.15, -0.1) is 0 Å². The molecular formula is C24H21ClF2OS. The molecule has 0 spiro atoms. The molecular weight excluding hydrogens is 410 g/mol. The predicted molar refractivity (Wildman–Crippen MR) is 117 cm³/mol. The van der Waals surface area contributed by atoms with Crippen molar-refractivity contribution in [2.75, 3.05) is 0 Å². The average molecular weight is 431 g/mol. The number of hydrogen-bond donors (Lipinski definition) is 0. The van der Waals surface area contributed by atoms with E-state index in [0.717, 1.165) is 33.5 Å². The van der Waals surface area contributed by atoms with E-state index in [0.29, 0.717) is 24.5 Å². The summed E-state index contributed by atoms with van der Waals surface area (Å²) in [5, 5.41) is 0.591. The van der Waals surface area contributed by atoms with Gasteiger partial charge in [-0.25, -0.2) is 8.78 Å². The van der Waals surface area contributed by atoms with E-state index < -0.39 is 6.43 Å². The van der Waals surface area contributed by atoms with E-state index in [2.05, 4.69) is 0 Å². The van der Waals surface area contributed by atoms with Crippen LogP contribution in [0, 0.1) is 0 Å².